The Morgan fingerprint density at radius 2 is 2.29 bits per heavy atom. The number of carbonyl (C=O) groups excluding carboxylic acids is 1. The van der Waals surface area contributed by atoms with Gasteiger partial charge in [0.25, 0.3) is 0 Å². The molecule has 1 amide bonds. The number of carbonyl (C=O) groups is 1. The van der Waals surface area contributed by atoms with Crippen molar-refractivity contribution in [2.45, 2.75) is 18.9 Å². The van der Waals surface area contributed by atoms with Crippen molar-refractivity contribution in [3.8, 4) is 5.75 Å². The molecule has 1 aromatic rings. The van der Waals surface area contributed by atoms with E-state index in [4.69, 9.17) is 16.2 Å². The van der Waals surface area contributed by atoms with E-state index in [9.17, 15) is 4.79 Å². The van der Waals surface area contributed by atoms with Crippen molar-refractivity contribution >= 4 is 17.3 Å². The lowest BCUT2D eigenvalue weighted by molar-refractivity contribution is -0.119. The molecule has 1 heterocycles. The van der Waals surface area contributed by atoms with E-state index in [0.29, 0.717) is 11.4 Å². The zero-order valence-electron chi connectivity index (χ0n) is 9.85. The van der Waals surface area contributed by atoms with Crippen molar-refractivity contribution in [1.82, 2.24) is 0 Å². The van der Waals surface area contributed by atoms with Gasteiger partial charge in [0.2, 0.25) is 5.91 Å². The minimum absolute atomic E-state index is 0.260. The number of rotatable bonds is 3. The quantitative estimate of drug-likeness (QED) is 0.757. The topological polar surface area (TPSA) is 81.6 Å². The summed E-state index contributed by atoms with van der Waals surface area (Å²) in [6, 6.07) is 5.29. The fourth-order valence-corrected chi connectivity index (χ4v) is 2.31. The van der Waals surface area contributed by atoms with Crippen LogP contribution < -0.4 is 21.1 Å². The summed E-state index contributed by atoms with van der Waals surface area (Å²) in [6.07, 6.45) is 1.73. The Bertz CT molecular complexity index is 434. The molecule has 1 aromatic carbocycles. The van der Waals surface area contributed by atoms with E-state index in [0.717, 1.165) is 25.1 Å². The first-order valence-electron chi connectivity index (χ1n) is 5.63. The molecule has 1 aliphatic heterocycles. The second kappa shape index (κ2) is 4.53. The highest BCUT2D eigenvalue weighted by atomic mass is 16.5. The van der Waals surface area contributed by atoms with Gasteiger partial charge in [0.15, 0.2) is 0 Å². The number of hydrogen-bond acceptors (Lipinski definition) is 4. The van der Waals surface area contributed by atoms with Gasteiger partial charge in [-0.25, -0.2) is 0 Å². The van der Waals surface area contributed by atoms with Crippen LogP contribution in [-0.4, -0.2) is 25.6 Å². The minimum Gasteiger partial charge on any atom is -0.495 e. The molecule has 0 bridgehead atoms. The molecule has 1 saturated heterocycles. The van der Waals surface area contributed by atoms with E-state index in [1.165, 1.54) is 0 Å². The van der Waals surface area contributed by atoms with Gasteiger partial charge in [-0.15, -0.1) is 0 Å². The fraction of sp³-hybridized carbons (Fsp3) is 0.417. The molecule has 1 aliphatic rings. The number of primary amides is 1. The Morgan fingerprint density at radius 1 is 1.53 bits per heavy atom. The van der Waals surface area contributed by atoms with Crippen LogP contribution in [0.2, 0.25) is 0 Å². The largest absolute Gasteiger partial charge is 0.495 e. The highest BCUT2D eigenvalue weighted by Gasteiger charge is 2.30. The van der Waals surface area contributed by atoms with Gasteiger partial charge in [0, 0.05) is 6.54 Å². The smallest absolute Gasteiger partial charge is 0.240 e. The minimum atomic E-state index is -0.301. The summed E-state index contributed by atoms with van der Waals surface area (Å²) >= 11 is 0. The zero-order chi connectivity index (χ0) is 12.4. The number of nitrogens with two attached hydrogens (primary N) is 2. The number of anilines is 2. The van der Waals surface area contributed by atoms with Gasteiger partial charge >= 0.3 is 0 Å². The van der Waals surface area contributed by atoms with Crippen LogP contribution in [0.4, 0.5) is 11.4 Å². The molecule has 0 aromatic heterocycles. The highest BCUT2D eigenvalue weighted by Crippen LogP contribution is 2.35. The number of nitrogens with zero attached hydrogens (tertiary/aromatic N) is 1. The molecule has 1 fully saturated rings. The standard InChI is InChI=1S/C12H17N3O2/c1-17-10-6-2-4-8(11(10)13)15-7-3-5-9(15)12(14)16/h2,4,6,9H,3,5,7,13H2,1H3,(H2,14,16). The molecule has 0 radical (unpaired) electrons. The van der Waals surface area contributed by atoms with Crippen molar-refractivity contribution in [2.75, 3.05) is 24.3 Å². The first-order chi connectivity index (χ1) is 8.15. The first kappa shape index (κ1) is 11.6. The molecule has 0 saturated carbocycles. The zero-order valence-corrected chi connectivity index (χ0v) is 9.85. The highest BCUT2D eigenvalue weighted by molar-refractivity contribution is 5.87. The van der Waals surface area contributed by atoms with Gasteiger partial charge < -0.3 is 21.1 Å². The molecule has 0 spiro atoms. The maximum absolute atomic E-state index is 11.4. The first-order valence-corrected chi connectivity index (χ1v) is 5.63. The number of methoxy groups -OCH3 is 1. The van der Waals surface area contributed by atoms with Crippen LogP contribution in [0.25, 0.3) is 0 Å². The maximum atomic E-state index is 11.4. The van der Waals surface area contributed by atoms with Crippen LogP contribution in [0, 0.1) is 0 Å². The number of benzene rings is 1. The summed E-state index contributed by atoms with van der Waals surface area (Å²) in [5.41, 5.74) is 12.8. The maximum Gasteiger partial charge on any atom is 0.240 e. The molecule has 1 unspecified atom stereocenters. The Labute approximate surface area is 100 Å². The van der Waals surface area contributed by atoms with Gasteiger partial charge in [-0.05, 0) is 25.0 Å². The van der Waals surface area contributed by atoms with Crippen LogP contribution in [0.15, 0.2) is 18.2 Å². The number of para-hydroxylation sites is 1. The van der Waals surface area contributed by atoms with Gasteiger partial charge in [-0.3, -0.25) is 4.79 Å². The third-order valence-corrected chi connectivity index (χ3v) is 3.15. The van der Waals surface area contributed by atoms with Crippen molar-refractivity contribution in [3.63, 3.8) is 0 Å². The Kier molecular flexibility index (Phi) is 3.08. The molecule has 2 rings (SSSR count). The summed E-state index contributed by atoms with van der Waals surface area (Å²) < 4.78 is 5.17. The lowest BCUT2D eigenvalue weighted by Crippen LogP contribution is -2.40. The average Bonchev–Trinajstić information content (AvgIpc) is 2.78. The predicted molar refractivity (Wildman–Crippen MR) is 67.0 cm³/mol. The molecule has 1 atom stereocenters. The third kappa shape index (κ3) is 2.00. The lowest BCUT2D eigenvalue weighted by atomic mass is 10.2. The second-order valence-electron chi connectivity index (χ2n) is 4.15. The van der Waals surface area contributed by atoms with Crippen LogP contribution in [-0.2, 0) is 4.79 Å². The number of amides is 1. The van der Waals surface area contributed by atoms with Crippen molar-refractivity contribution in [2.24, 2.45) is 5.73 Å². The van der Waals surface area contributed by atoms with E-state index in [1.807, 2.05) is 17.0 Å². The normalized spacial score (nSPS) is 19.4. The number of nitrogen functional groups attached to an aromatic ring is 1. The fourth-order valence-electron chi connectivity index (χ4n) is 2.31. The van der Waals surface area contributed by atoms with Gasteiger partial charge in [-0.2, -0.15) is 0 Å². The number of hydrogen-bond donors (Lipinski definition) is 2. The molecule has 0 aliphatic carbocycles. The van der Waals surface area contributed by atoms with Crippen LogP contribution in [0.1, 0.15) is 12.8 Å². The summed E-state index contributed by atoms with van der Waals surface area (Å²) in [6.45, 7) is 0.797. The molecule has 4 N–H and O–H groups in total. The molecular formula is C12H17N3O2. The number of ether oxygens (including phenoxy) is 1. The molecule has 92 valence electrons. The summed E-state index contributed by atoms with van der Waals surface area (Å²) in [7, 11) is 1.57. The van der Waals surface area contributed by atoms with Crippen molar-refractivity contribution in [1.29, 1.82) is 0 Å². The van der Waals surface area contributed by atoms with E-state index in [1.54, 1.807) is 13.2 Å². The summed E-state index contributed by atoms with van der Waals surface area (Å²) in [5, 5.41) is 0. The van der Waals surface area contributed by atoms with E-state index in [-0.39, 0.29) is 11.9 Å². The monoisotopic (exact) mass is 235 g/mol. The van der Waals surface area contributed by atoms with E-state index >= 15 is 0 Å². The molecule has 5 heteroatoms. The molecular weight excluding hydrogens is 218 g/mol. The lowest BCUT2D eigenvalue weighted by Gasteiger charge is -2.26. The average molecular weight is 235 g/mol. The van der Waals surface area contributed by atoms with E-state index in [2.05, 4.69) is 0 Å². The Hall–Kier alpha value is -1.91. The SMILES string of the molecule is COc1cccc(N2CCCC2C(N)=O)c1N. The molecule has 17 heavy (non-hydrogen) atoms. The predicted octanol–water partition coefficient (Wildman–Crippen LogP) is 0.732. The van der Waals surface area contributed by atoms with Crippen molar-refractivity contribution in [3.05, 3.63) is 18.2 Å². The van der Waals surface area contributed by atoms with Crippen LogP contribution in [0.5, 0.6) is 5.75 Å². The van der Waals surface area contributed by atoms with E-state index < -0.39 is 0 Å². The van der Waals surface area contributed by atoms with Crippen LogP contribution in [0.3, 0.4) is 0 Å². The third-order valence-electron chi connectivity index (χ3n) is 3.15. The second-order valence-corrected chi connectivity index (χ2v) is 4.15. The Morgan fingerprint density at radius 3 is 2.94 bits per heavy atom. The summed E-state index contributed by atoms with van der Waals surface area (Å²) in [4.78, 5) is 13.3. The summed E-state index contributed by atoms with van der Waals surface area (Å²) in [5.74, 6) is 0.322. The Balaban J connectivity index is 2.36. The van der Waals surface area contributed by atoms with Gasteiger partial charge in [0.05, 0.1) is 18.5 Å². The molecule has 5 nitrogen and oxygen atoms in total. The van der Waals surface area contributed by atoms with Crippen molar-refractivity contribution < 1.29 is 9.53 Å². The van der Waals surface area contributed by atoms with Gasteiger partial charge in [0.1, 0.15) is 11.8 Å². The van der Waals surface area contributed by atoms with Gasteiger partial charge in [-0.1, -0.05) is 6.07 Å². The van der Waals surface area contributed by atoms with Crippen LogP contribution >= 0.6 is 0 Å².